The Morgan fingerprint density at radius 3 is 2.92 bits per heavy atom. The lowest BCUT2D eigenvalue weighted by molar-refractivity contribution is -0.150. The Morgan fingerprint density at radius 1 is 1.67 bits per heavy atom. The van der Waals surface area contributed by atoms with Gasteiger partial charge in [-0.1, -0.05) is 0 Å². The summed E-state index contributed by atoms with van der Waals surface area (Å²) in [4.78, 5) is 13.0. The summed E-state index contributed by atoms with van der Waals surface area (Å²) in [5.74, 6) is -1.03. The van der Waals surface area contributed by atoms with E-state index in [9.17, 15) is 9.18 Å². The maximum Gasteiger partial charge on any atom is 0.312 e. The number of nitrogens with zero attached hydrogens (tertiary/aromatic N) is 1. The fourth-order valence-corrected chi connectivity index (χ4v) is 1.46. The van der Waals surface area contributed by atoms with E-state index in [1.807, 2.05) is 11.9 Å². The number of alkyl halides is 1. The molecule has 1 fully saturated rings. The molecule has 1 aliphatic rings. The fourth-order valence-electron chi connectivity index (χ4n) is 1.46. The van der Waals surface area contributed by atoms with Crippen LogP contribution in [0.25, 0.3) is 0 Å². The molecule has 0 aromatic heterocycles. The van der Waals surface area contributed by atoms with Crippen molar-refractivity contribution in [2.75, 3.05) is 27.2 Å². The first-order valence-electron chi connectivity index (χ1n) is 4.05. The number of hydrogen-bond donors (Lipinski definition) is 0. The van der Waals surface area contributed by atoms with Crippen LogP contribution in [0.3, 0.4) is 0 Å². The van der Waals surface area contributed by atoms with Gasteiger partial charge in [-0.05, 0) is 13.5 Å². The number of methoxy groups -OCH3 is 1. The quantitative estimate of drug-likeness (QED) is 0.542. The van der Waals surface area contributed by atoms with Crippen LogP contribution in [-0.2, 0) is 9.53 Å². The van der Waals surface area contributed by atoms with Crippen molar-refractivity contribution in [3.05, 3.63) is 0 Å². The lowest BCUT2D eigenvalue weighted by Crippen LogP contribution is -2.43. The number of piperidine rings is 1. The molecule has 2 atom stereocenters. The molecule has 0 saturated carbocycles. The van der Waals surface area contributed by atoms with Gasteiger partial charge in [0.05, 0.1) is 7.11 Å². The molecule has 0 N–H and O–H groups in total. The Balaban J connectivity index is 2.54. The summed E-state index contributed by atoms with van der Waals surface area (Å²) in [6.45, 7) is 1.18. The number of likely N-dealkylation sites (tertiary alicyclic amines) is 1. The Kier molecular flexibility index (Phi) is 3.03. The molecule has 0 spiro atoms. The molecule has 1 aliphatic heterocycles. The molecule has 0 aliphatic carbocycles. The van der Waals surface area contributed by atoms with Crippen molar-refractivity contribution in [1.82, 2.24) is 4.90 Å². The van der Waals surface area contributed by atoms with Gasteiger partial charge in [-0.2, -0.15) is 0 Å². The largest absolute Gasteiger partial charge is 0.469 e. The van der Waals surface area contributed by atoms with Gasteiger partial charge in [-0.25, -0.2) is 4.39 Å². The minimum Gasteiger partial charge on any atom is -0.469 e. The number of rotatable bonds is 1. The summed E-state index contributed by atoms with van der Waals surface area (Å²) in [6, 6.07) is 0. The zero-order valence-electron chi connectivity index (χ0n) is 7.42. The van der Waals surface area contributed by atoms with E-state index in [2.05, 4.69) is 4.74 Å². The van der Waals surface area contributed by atoms with Gasteiger partial charge in [0.25, 0.3) is 0 Å². The number of hydrogen-bond acceptors (Lipinski definition) is 3. The average Bonchev–Trinajstić information content (AvgIpc) is 2.08. The second-order valence-electron chi connectivity index (χ2n) is 3.20. The highest BCUT2D eigenvalue weighted by Gasteiger charge is 2.33. The van der Waals surface area contributed by atoms with E-state index >= 15 is 0 Å². The highest BCUT2D eigenvalue weighted by atomic mass is 19.1. The molecular weight excluding hydrogens is 161 g/mol. The predicted molar refractivity (Wildman–Crippen MR) is 42.5 cm³/mol. The van der Waals surface area contributed by atoms with Crippen molar-refractivity contribution in [2.24, 2.45) is 5.92 Å². The SMILES string of the molecule is COC(=O)[C@@H]1CN(C)CC[C@H]1F. The summed E-state index contributed by atoms with van der Waals surface area (Å²) in [7, 11) is 3.17. The molecule has 1 rings (SSSR count). The molecule has 0 aromatic rings. The molecule has 0 unspecified atom stereocenters. The minimum atomic E-state index is -1.03. The Morgan fingerprint density at radius 2 is 2.33 bits per heavy atom. The third-order valence-electron chi connectivity index (χ3n) is 2.24. The summed E-state index contributed by atoms with van der Waals surface area (Å²) >= 11 is 0. The van der Waals surface area contributed by atoms with Crippen LogP contribution in [-0.4, -0.2) is 44.3 Å². The number of halogens is 1. The van der Waals surface area contributed by atoms with Crippen molar-refractivity contribution in [2.45, 2.75) is 12.6 Å². The second kappa shape index (κ2) is 3.85. The lowest BCUT2D eigenvalue weighted by atomic mass is 9.96. The van der Waals surface area contributed by atoms with Crippen LogP contribution < -0.4 is 0 Å². The maximum atomic E-state index is 13.1. The standard InChI is InChI=1S/C8H14FNO2/c1-10-4-3-7(9)6(5-10)8(11)12-2/h6-7H,3-5H2,1-2H3/t6-,7-/m1/s1. The maximum absolute atomic E-state index is 13.1. The van der Waals surface area contributed by atoms with Gasteiger partial charge in [-0.15, -0.1) is 0 Å². The average molecular weight is 175 g/mol. The Hall–Kier alpha value is -0.640. The van der Waals surface area contributed by atoms with E-state index in [0.29, 0.717) is 19.5 Å². The molecule has 1 heterocycles. The first-order valence-corrected chi connectivity index (χ1v) is 4.05. The molecule has 0 amide bonds. The van der Waals surface area contributed by atoms with E-state index in [1.54, 1.807) is 0 Å². The predicted octanol–water partition coefficient (Wildman–Crippen LogP) is 0.449. The smallest absolute Gasteiger partial charge is 0.312 e. The zero-order chi connectivity index (χ0) is 9.14. The molecular formula is C8H14FNO2. The van der Waals surface area contributed by atoms with Gasteiger partial charge in [0.15, 0.2) is 0 Å². The number of carbonyl (C=O) groups is 1. The molecule has 4 heteroatoms. The van der Waals surface area contributed by atoms with Crippen LogP contribution >= 0.6 is 0 Å². The molecule has 70 valence electrons. The molecule has 0 bridgehead atoms. The summed E-state index contributed by atoms with van der Waals surface area (Å²) < 4.78 is 17.6. The van der Waals surface area contributed by atoms with Gasteiger partial charge in [0.1, 0.15) is 12.1 Å². The number of carbonyl (C=O) groups excluding carboxylic acids is 1. The van der Waals surface area contributed by atoms with Gasteiger partial charge >= 0.3 is 5.97 Å². The third kappa shape index (κ3) is 1.94. The van der Waals surface area contributed by atoms with Crippen molar-refractivity contribution in [3.63, 3.8) is 0 Å². The van der Waals surface area contributed by atoms with E-state index in [-0.39, 0.29) is 0 Å². The molecule has 0 radical (unpaired) electrons. The van der Waals surface area contributed by atoms with Crippen LogP contribution in [0.15, 0.2) is 0 Å². The topological polar surface area (TPSA) is 29.5 Å². The second-order valence-corrected chi connectivity index (χ2v) is 3.20. The number of esters is 1. The normalized spacial score (nSPS) is 31.6. The first kappa shape index (κ1) is 9.45. The summed E-state index contributed by atoms with van der Waals surface area (Å²) in [5, 5.41) is 0. The molecule has 12 heavy (non-hydrogen) atoms. The van der Waals surface area contributed by atoms with E-state index in [1.165, 1.54) is 7.11 Å². The van der Waals surface area contributed by atoms with Gasteiger partial charge in [0.2, 0.25) is 0 Å². The molecule has 3 nitrogen and oxygen atoms in total. The van der Waals surface area contributed by atoms with Gasteiger partial charge in [0, 0.05) is 13.1 Å². The summed E-state index contributed by atoms with van der Waals surface area (Å²) in [6.07, 6.45) is -0.607. The fraction of sp³-hybridized carbons (Fsp3) is 0.875. The van der Waals surface area contributed by atoms with Gasteiger partial charge in [-0.3, -0.25) is 4.79 Å². The van der Waals surface area contributed by atoms with Gasteiger partial charge < -0.3 is 9.64 Å². The van der Waals surface area contributed by atoms with E-state index in [4.69, 9.17) is 0 Å². The number of ether oxygens (including phenoxy) is 1. The van der Waals surface area contributed by atoms with Crippen molar-refractivity contribution < 1.29 is 13.9 Å². The van der Waals surface area contributed by atoms with Crippen molar-refractivity contribution in [3.8, 4) is 0 Å². The first-order chi connectivity index (χ1) is 5.65. The van der Waals surface area contributed by atoms with Crippen LogP contribution in [0.2, 0.25) is 0 Å². The highest BCUT2D eigenvalue weighted by molar-refractivity contribution is 5.73. The Bertz CT molecular complexity index is 174. The van der Waals surface area contributed by atoms with Crippen LogP contribution in [0.5, 0.6) is 0 Å². The van der Waals surface area contributed by atoms with Crippen LogP contribution in [0.4, 0.5) is 4.39 Å². The minimum absolute atomic E-state index is 0.427. The van der Waals surface area contributed by atoms with Crippen molar-refractivity contribution in [1.29, 1.82) is 0 Å². The lowest BCUT2D eigenvalue weighted by Gasteiger charge is -2.30. The van der Waals surface area contributed by atoms with Crippen molar-refractivity contribution >= 4 is 5.97 Å². The van der Waals surface area contributed by atoms with Crippen LogP contribution in [0, 0.1) is 5.92 Å². The van der Waals surface area contributed by atoms with E-state index < -0.39 is 18.1 Å². The third-order valence-corrected chi connectivity index (χ3v) is 2.24. The Labute approximate surface area is 71.5 Å². The molecule has 1 saturated heterocycles. The summed E-state index contributed by atoms with van der Waals surface area (Å²) in [5.41, 5.74) is 0. The van der Waals surface area contributed by atoms with E-state index in [0.717, 1.165) is 0 Å². The molecule has 0 aromatic carbocycles. The highest BCUT2D eigenvalue weighted by Crippen LogP contribution is 2.20. The monoisotopic (exact) mass is 175 g/mol. The zero-order valence-corrected chi connectivity index (χ0v) is 7.42. The van der Waals surface area contributed by atoms with Crippen LogP contribution in [0.1, 0.15) is 6.42 Å².